The van der Waals surface area contributed by atoms with Crippen LogP contribution in [0.4, 0.5) is 0 Å². The standard InChI is InChI=1S/C22H20Cl2N2O2S/c1-22(2,17-11-15(13-25)21(19(24)12-17)27-9-7-23)16-3-5-18(6-4-16)28-14-20-26-8-10-29-20/h3-6,8,10-12H,7,9,14H2,1-2H3. The number of nitriles is 1. The van der Waals surface area contributed by atoms with Crippen molar-refractivity contribution < 1.29 is 9.47 Å². The zero-order valence-electron chi connectivity index (χ0n) is 16.1. The normalized spacial score (nSPS) is 11.1. The van der Waals surface area contributed by atoms with Gasteiger partial charge in [-0.05, 0) is 35.4 Å². The molecule has 0 saturated carbocycles. The molecule has 1 aromatic heterocycles. The van der Waals surface area contributed by atoms with Gasteiger partial charge >= 0.3 is 0 Å². The van der Waals surface area contributed by atoms with E-state index >= 15 is 0 Å². The summed E-state index contributed by atoms with van der Waals surface area (Å²) in [6.07, 6.45) is 1.77. The Hall–Kier alpha value is -2.26. The molecule has 0 unspecified atom stereocenters. The summed E-state index contributed by atoms with van der Waals surface area (Å²) in [5.41, 5.74) is 2.03. The van der Waals surface area contributed by atoms with Gasteiger partial charge in [-0.3, -0.25) is 0 Å². The van der Waals surface area contributed by atoms with Crippen LogP contribution in [0.15, 0.2) is 48.0 Å². The van der Waals surface area contributed by atoms with Crippen molar-refractivity contribution in [3.05, 3.63) is 74.7 Å². The van der Waals surface area contributed by atoms with E-state index in [9.17, 15) is 5.26 Å². The van der Waals surface area contributed by atoms with E-state index in [2.05, 4.69) is 24.9 Å². The van der Waals surface area contributed by atoms with Crippen molar-refractivity contribution in [2.45, 2.75) is 25.9 Å². The van der Waals surface area contributed by atoms with Crippen LogP contribution < -0.4 is 9.47 Å². The van der Waals surface area contributed by atoms with Crippen molar-refractivity contribution in [2.24, 2.45) is 0 Å². The minimum atomic E-state index is -0.367. The smallest absolute Gasteiger partial charge is 0.155 e. The van der Waals surface area contributed by atoms with E-state index < -0.39 is 0 Å². The summed E-state index contributed by atoms with van der Waals surface area (Å²) < 4.78 is 11.3. The Kier molecular flexibility index (Phi) is 7.02. The lowest BCUT2D eigenvalue weighted by Crippen LogP contribution is -2.19. The zero-order chi connectivity index (χ0) is 20.9. The second-order valence-corrected chi connectivity index (χ2v) is 8.61. The lowest BCUT2D eigenvalue weighted by atomic mass is 9.77. The van der Waals surface area contributed by atoms with Crippen LogP contribution in [0.25, 0.3) is 0 Å². The first-order valence-electron chi connectivity index (χ1n) is 9.00. The molecule has 0 aliphatic rings. The van der Waals surface area contributed by atoms with Gasteiger partial charge in [0.1, 0.15) is 30.0 Å². The molecule has 3 rings (SSSR count). The molecule has 0 fully saturated rings. The van der Waals surface area contributed by atoms with Crippen LogP contribution in [-0.4, -0.2) is 17.5 Å². The highest BCUT2D eigenvalue weighted by molar-refractivity contribution is 7.09. The average molecular weight is 447 g/mol. The maximum atomic E-state index is 9.53. The van der Waals surface area contributed by atoms with Gasteiger partial charge in [-0.2, -0.15) is 5.26 Å². The maximum Gasteiger partial charge on any atom is 0.155 e. The van der Waals surface area contributed by atoms with Gasteiger partial charge in [-0.1, -0.05) is 37.6 Å². The van der Waals surface area contributed by atoms with Gasteiger partial charge < -0.3 is 9.47 Å². The minimum Gasteiger partial charge on any atom is -0.489 e. The Morgan fingerprint density at radius 3 is 2.52 bits per heavy atom. The van der Waals surface area contributed by atoms with Crippen LogP contribution in [-0.2, 0) is 12.0 Å². The first-order valence-corrected chi connectivity index (χ1v) is 10.8. The molecule has 29 heavy (non-hydrogen) atoms. The summed E-state index contributed by atoms with van der Waals surface area (Å²) in [6.45, 7) is 4.92. The van der Waals surface area contributed by atoms with Crippen molar-refractivity contribution in [2.75, 3.05) is 12.5 Å². The fourth-order valence-electron chi connectivity index (χ4n) is 2.93. The number of ether oxygens (including phenoxy) is 2. The quantitative estimate of drug-likeness (QED) is 0.387. The zero-order valence-corrected chi connectivity index (χ0v) is 18.4. The summed E-state index contributed by atoms with van der Waals surface area (Å²) in [4.78, 5) is 4.22. The van der Waals surface area contributed by atoms with E-state index in [1.54, 1.807) is 17.5 Å². The van der Waals surface area contributed by atoms with Crippen LogP contribution >= 0.6 is 34.5 Å². The summed E-state index contributed by atoms with van der Waals surface area (Å²) >= 11 is 13.7. The number of hydrogen-bond acceptors (Lipinski definition) is 5. The summed E-state index contributed by atoms with van der Waals surface area (Å²) in [7, 11) is 0. The second kappa shape index (κ2) is 9.49. The Morgan fingerprint density at radius 1 is 1.14 bits per heavy atom. The summed E-state index contributed by atoms with van der Waals surface area (Å²) in [5.74, 6) is 1.48. The summed E-state index contributed by atoms with van der Waals surface area (Å²) in [5, 5.41) is 12.8. The number of rotatable bonds is 8. The SMILES string of the molecule is CC(C)(c1ccc(OCc2nccs2)cc1)c1cc(Cl)c(OCCCl)c(C#N)c1. The van der Waals surface area contributed by atoms with Crippen molar-refractivity contribution in [1.82, 2.24) is 4.98 Å². The first kappa shape index (κ1) is 21.4. The molecule has 150 valence electrons. The molecular formula is C22H20Cl2N2O2S. The monoisotopic (exact) mass is 446 g/mol. The molecule has 0 atom stereocenters. The number of thiazole rings is 1. The van der Waals surface area contributed by atoms with E-state index in [0.29, 0.717) is 35.4 Å². The summed E-state index contributed by atoms with van der Waals surface area (Å²) in [6, 6.07) is 13.8. The molecule has 0 spiro atoms. The lowest BCUT2D eigenvalue weighted by molar-refractivity contribution is 0.305. The van der Waals surface area contributed by atoms with E-state index in [-0.39, 0.29) is 5.41 Å². The highest BCUT2D eigenvalue weighted by atomic mass is 35.5. The number of hydrogen-bond donors (Lipinski definition) is 0. The van der Waals surface area contributed by atoms with Gasteiger partial charge in [0, 0.05) is 17.0 Å². The predicted molar refractivity (Wildman–Crippen MR) is 117 cm³/mol. The van der Waals surface area contributed by atoms with E-state index in [0.717, 1.165) is 21.9 Å². The van der Waals surface area contributed by atoms with Gasteiger partial charge in [-0.25, -0.2) is 4.98 Å². The number of benzene rings is 2. The van der Waals surface area contributed by atoms with Crippen molar-refractivity contribution in [3.63, 3.8) is 0 Å². The molecular weight excluding hydrogens is 427 g/mol. The first-order chi connectivity index (χ1) is 14.0. The van der Waals surface area contributed by atoms with Crippen molar-refractivity contribution in [1.29, 1.82) is 5.26 Å². The molecule has 0 saturated heterocycles. The van der Waals surface area contributed by atoms with Gasteiger partial charge in [0.2, 0.25) is 0 Å². The lowest BCUT2D eigenvalue weighted by Gasteiger charge is -2.27. The minimum absolute atomic E-state index is 0.293. The fourth-order valence-corrected chi connectivity index (χ4v) is 3.81. The Bertz CT molecular complexity index is 997. The Labute approximate surface area is 184 Å². The largest absolute Gasteiger partial charge is 0.489 e. The number of alkyl halides is 1. The van der Waals surface area contributed by atoms with Crippen molar-refractivity contribution in [3.8, 4) is 17.6 Å². The van der Waals surface area contributed by atoms with Gasteiger partial charge in [0.25, 0.3) is 0 Å². The van der Waals surface area contributed by atoms with Gasteiger partial charge in [0.15, 0.2) is 5.75 Å². The average Bonchev–Trinajstić information content (AvgIpc) is 3.24. The van der Waals surface area contributed by atoms with Crippen LogP contribution in [0, 0.1) is 11.3 Å². The van der Waals surface area contributed by atoms with Crippen LogP contribution in [0.1, 0.15) is 35.5 Å². The van der Waals surface area contributed by atoms with Crippen LogP contribution in [0.3, 0.4) is 0 Å². The topological polar surface area (TPSA) is 55.1 Å². The molecule has 0 bridgehead atoms. The molecule has 3 aromatic rings. The maximum absolute atomic E-state index is 9.53. The molecule has 0 amide bonds. The second-order valence-electron chi connectivity index (χ2n) is 6.85. The third-order valence-corrected chi connectivity index (χ3v) is 5.82. The number of aromatic nitrogens is 1. The molecule has 2 aromatic carbocycles. The van der Waals surface area contributed by atoms with Crippen molar-refractivity contribution >= 4 is 34.5 Å². The predicted octanol–water partition coefficient (Wildman–Crippen LogP) is 6.19. The van der Waals surface area contributed by atoms with E-state index in [4.69, 9.17) is 32.7 Å². The molecule has 0 N–H and O–H groups in total. The fraction of sp³-hybridized carbons (Fsp3) is 0.273. The molecule has 1 heterocycles. The number of halogens is 2. The highest BCUT2D eigenvalue weighted by Crippen LogP contribution is 2.38. The van der Waals surface area contributed by atoms with E-state index in [1.807, 2.05) is 41.8 Å². The Morgan fingerprint density at radius 2 is 1.90 bits per heavy atom. The third-order valence-electron chi connectivity index (χ3n) is 4.63. The molecule has 0 aliphatic heterocycles. The van der Waals surface area contributed by atoms with Gasteiger partial charge in [0.05, 0.1) is 16.5 Å². The van der Waals surface area contributed by atoms with Gasteiger partial charge in [-0.15, -0.1) is 22.9 Å². The van der Waals surface area contributed by atoms with Crippen LogP contribution in [0.2, 0.25) is 5.02 Å². The molecule has 0 aliphatic carbocycles. The molecule has 0 radical (unpaired) electrons. The van der Waals surface area contributed by atoms with Crippen LogP contribution in [0.5, 0.6) is 11.5 Å². The molecule has 7 heteroatoms. The highest BCUT2D eigenvalue weighted by Gasteiger charge is 2.26. The van der Waals surface area contributed by atoms with E-state index in [1.165, 1.54) is 0 Å². The Balaban J connectivity index is 1.82. The third kappa shape index (κ3) is 5.02. The number of nitrogens with zero attached hydrogens (tertiary/aromatic N) is 2. The molecule has 4 nitrogen and oxygen atoms in total.